The fourth-order valence-corrected chi connectivity index (χ4v) is 1.57. The molecule has 0 radical (unpaired) electrons. The lowest BCUT2D eigenvalue weighted by molar-refractivity contribution is 0.649. The Balaban J connectivity index is 2.56. The summed E-state index contributed by atoms with van der Waals surface area (Å²) in [5.41, 5.74) is 0.777. The van der Waals surface area contributed by atoms with E-state index in [1.165, 1.54) is 0 Å². The van der Waals surface area contributed by atoms with Gasteiger partial charge in [0.15, 0.2) is 0 Å². The summed E-state index contributed by atoms with van der Waals surface area (Å²) in [7, 11) is 1.90. The van der Waals surface area contributed by atoms with Crippen LogP contribution in [0.2, 0.25) is 0 Å². The van der Waals surface area contributed by atoms with E-state index < -0.39 is 0 Å². The van der Waals surface area contributed by atoms with Crippen LogP contribution < -0.4 is 10.9 Å². The van der Waals surface area contributed by atoms with Crippen molar-refractivity contribution in [3.05, 3.63) is 40.9 Å². The SMILES string of the molecule is CNCCn1cnc(=O)c2ccccc21. The average Bonchev–Trinajstić information content (AvgIpc) is 2.29. The Morgan fingerprint density at radius 2 is 2.20 bits per heavy atom. The minimum Gasteiger partial charge on any atom is -0.330 e. The smallest absolute Gasteiger partial charge is 0.280 e. The van der Waals surface area contributed by atoms with Gasteiger partial charge in [0, 0.05) is 13.1 Å². The molecule has 78 valence electrons. The molecular formula is C11H13N3O. The molecule has 1 heterocycles. The normalized spacial score (nSPS) is 10.7. The number of aromatic nitrogens is 2. The minimum absolute atomic E-state index is 0.161. The molecule has 4 nitrogen and oxygen atoms in total. The van der Waals surface area contributed by atoms with Gasteiger partial charge in [-0.05, 0) is 19.2 Å². The molecule has 0 saturated carbocycles. The summed E-state index contributed by atoms with van der Waals surface area (Å²) >= 11 is 0. The molecule has 0 aliphatic rings. The third kappa shape index (κ3) is 1.89. The number of benzene rings is 1. The maximum atomic E-state index is 11.5. The lowest BCUT2D eigenvalue weighted by Gasteiger charge is -2.08. The molecule has 2 rings (SSSR count). The standard InChI is InChI=1S/C11H13N3O/c1-12-6-7-14-8-13-11(15)9-4-2-3-5-10(9)14/h2-5,8,12H,6-7H2,1H3. The first-order valence-electron chi connectivity index (χ1n) is 4.91. The van der Waals surface area contributed by atoms with Crippen molar-refractivity contribution in [1.82, 2.24) is 14.9 Å². The zero-order chi connectivity index (χ0) is 10.7. The van der Waals surface area contributed by atoms with Crippen molar-refractivity contribution in [2.75, 3.05) is 13.6 Å². The Labute approximate surface area is 87.6 Å². The first kappa shape index (κ1) is 9.86. The number of rotatable bonds is 3. The monoisotopic (exact) mass is 203 g/mol. The highest BCUT2D eigenvalue weighted by atomic mass is 16.1. The molecule has 4 heteroatoms. The van der Waals surface area contributed by atoms with E-state index >= 15 is 0 Å². The maximum Gasteiger partial charge on any atom is 0.280 e. The largest absolute Gasteiger partial charge is 0.330 e. The van der Waals surface area contributed by atoms with Gasteiger partial charge in [0.05, 0.1) is 17.2 Å². The van der Waals surface area contributed by atoms with Gasteiger partial charge in [0.25, 0.3) is 5.56 Å². The number of likely N-dealkylation sites (N-methyl/N-ethyl adjacent to an activating group) is 1. The Morgan fingerprint density at radius 3 is 3.00 bits per heavy atom. The lowest BCUT2D eigenvalue weighted by atomic mass is 10.2. The number of hydrogen-bond acceptors (Lipinski definition) is 3. The van der Waals surface area contributed by atoms with Crippen LogP contribution in [0.25, 0.3) is 10.9 Å². The molecule has 1 N–H and O–H groups in total. The maximum absolute atomic E-state index is 11.5. The summed E-state index contributed by atoms with van der Waals surface area (Å²) in [6.45, 7) is 1.67. The number of fused-ring (bicyclic) bond motifs is 1. The molecule has 0 atom stereocenters. The predicted molar refractivity (Wildman–Crippen MR) is 59.9 cm³/mol. The van der Waals surface area contributed by atoms with Gasteiger partial charge in [-0.3, -0.25) is 4.79 Å². The highest BCUT2D eigenvalue weighted by Gasteiger charge is 2.01. The van der Waals surface area contributed by atoms with Crippen molar-refractivity contribution in [3.63, 3.8) is 0 Å². The van der Waals surface area contributed by atoms with Crippen LogP contribution in [0.15, 0.2) is 35.4 Å². The van der Waals surface area contributed by atoms with E-state index in [-0.39, 0.29) is 5.56 Å². The van der Waals surface area contributed by atoms with Crippen molar-refractivity contribution >= 4 is 10.9 Å². The molecule has 0 bridgehead atoms. The van der Waals surface area contributed by atoms with Crippen molar-refractivity contribution in [2.24, 2.45) is 0 Å². The Morgan fingerprint density at radius 1 is 1.40 bits per heavy atom. The summed E-state index contributed by atoms with van der Waals surface area (Å²) < 4.78 is 1.98. The Bertz CT molecular complexity index is 518. The van der Waals surface area contributed by atoms with Gasteiger partial charge in [-0.1, -0.05) is 12.1 Å². The summed E-state index contributed by atoms with van der Waals surface area (Å²) in [5.74, 6) is 0. The van der Waals surface area contributed by atoms with E-state index in [1.54, 1.807) is 12.4 Å². The summed E-state index contributed by atoms with van der Waals surface area (Å²) in [5, 5.41) is 3.75. The molecule has 2 aromatic rings. The molecule has 0 fully saturated rings. The van der Waals surface area contributed by atoms with Crippen LogP contribution in [0.5, 0.6) is 0 Å². The summed E-state index contributed by atoms with van der Waals surface area (Å²) in [4.78, 5) is 15.3. The fraction of sp³-hybridized carbons (Fsp3) is 0.273. The lowest BCUT2D eigenvalue weighted by Crippen LogP contribution is -2.18. The Kier molecular flexibility index (Phi) is 2.78. The molecule has 15 heavy (non-hydrogen) atoms. The molecule has 0 unspecified atom stereocenters. The van der Waals surface area contributed by atoms with Crippen molar-refractivity contribution in [1.29, 1.82) is 0 Å². The van der Waals surface area contributed by atoms with E-state index in [4.69, 9.17) is 0 Å². The molecule has 0 aliphatic carbocycles. The van der Waals surface area contributed by atoms with Gasteiger partial charge in [0.1, 0.15) is 0 Å². The average molecular weight is 203 g/mol. The van der Waals surface area contributed by atoms with E-state index in [2.05, 4.69) is 10.3 Å². The molecule has 0 aliphatic heterocycles. The van der Waals surface area contributed by atoms with Gasteiger partial charge < -0.3 is 9.88 Å². The molecule has 0 spiro atoms. The van der Waals surface area contributed by atoms with Crippen LogP contribution in [0.4, 0.5) is 0 Å². The minimum atomic E-state index is -0.161. The number of hydrogen-bond donors (Lipinski definition) is 1. The van der Waals surface area contributed by atoms with E-state index in [0.717, 1.165) is 18.6 Å². The Hall–Kier alpha value is -1.68. The van der Waals surface area contributed by atoms with Gasteiger partial charge >= 0.3 is 0 Å². The second kappa shape index (κ2) is 4.23. The molecular weight excluding hydrogens is 190 g/mol. The van der Waals surface area contributed by atoms with E-state index in [1.807, 2.05) is 29.8 Å². The van der Waals surface area contributed by atoms with E-state index in [9.17, 15) is 4.79 Å². The topological polar surface area (TPSA) is 46.9 Å². The molecule has 1 aromatic heterocycles. The van der Waals surface area contributed by atoms with Crippen LogP contribution in [-0.2, 0) is 6.54 Å². The second-order valence-electron chi connectivity index (χ2n) is 3.36. The number of nitrogens with one attached hydrogen (secondary N) is 1. The number of para-hydroxylation sites is 1. The molecule has 0 amide bonds. The van der Waals surface area contributed by atoms with Gasteiger partial charge in [0.2, 0.25) is 0 Å². The van der Waals surface area contributed by atoms with Crippen LogP contribution in [-0.4, -0.2) is 23.1 Å². The third-order valence-electron chi connectivity index (χ3n) is 2.36. The van der Waals surface area contributed by atoms with Crippen molar-refractivity contribution in [3.8, 4) is 0 Å². The van der Waals surface area contributed by atoms with Crippen LogP contribution in [0.3, 0.4) is 0 Å². The van der Waals surface area contributed by atoms with Gasteiger partial charge in [-0.2, -0.15) is 4.98 Å². The number of nitrogens with zero attached hydrogens (tertiary/aromatic N) is 2. The van der Waals surface area contributed by atoms with Gasteiger partial charge in [-0.15, -0.1) is 0 Å². The highest BCUT2D eigenvalue weighted by Crippen LogP contribution is 2.07. The van der Waals surface area contributed by atoms with Gasteiger partial charge in [-0.25, -0.2) is 0 Å². The van der Waals surface area contributed by atoms with E-state index in [0.29, 0.717) is 5.39 Å². The van der Waals surface area contributed by atoms with Crippen molar-refractivity contribution < 1.29 is 0 Å². The van der Waals surface area contributed by atoms with Crippen LogP contribution in [0.1, 0.15) is 0 Å². The summed E-state index contributed by atoms with van der Waals surface area (Å²) in [6, 6.07) is 7.53. The third-order valence-corrected chi connectivity index (χ3v) is 2.36. The molecule has 0 saturated heterocycles. The quantitative estimate of drug-likeness (QED) is 0.795. The first-order chi connectivity index (χ1) is 7.33. The van der Waals surface area contributed by atoms with Crippen LogP contribution >= 0.6 is 0 Å². The molecule has 1 aromatic carbocycles. The fourth-order valence-electron chi connectivity index (χ4n) is 1.57. The zero-order valence-corrected chi connectivity index (χ0v) is 8.60. The van der Waals surface area contributed by atoms with Crippen LogP contribution in [0, 0.1) is 0 Å². The highest BCUT2D eigenvalue weighted by molar-refractivity contribution is 5.77. The predicted octanol–water partition coefficient (Wildman–Crippen LogP) is 0.616. The first-order valence-corrected chi connectivity index (χ1v) is 4.91. The zero-order valence-electron chi connectivity index (χ0n) is 8.60. The van der Waals surface area contributed by atoms with Crippen molar-refractivity contribution in [2.45, 2.75) is 6.54 Å². The second-order valence-corrected chi connectivity index (χ2v) is 3.36. The summed E-state index contributed by atoms with van der Waals surface area (Å²) in [6.07, 6.45) is 1.60.